The summed E-state index contributed by atoms with van der Waals surface area (Å²) in [5.41, 5.74) is -0.514. The van der Waals surface area contributed by atoms with E-state index in [-0.39, 0.29) is 51.8 Å². The van der Waals surface area contributed by atoms with Gasteiger partial charge in [-0.3, -0.25) is 0 Å². The lowest BCUT2D eigenvalue weighted by Gasteiger charge is -2.35. The maximum Gasteiger partial charge on any atom is 0.318 e. The van der Waals surface area contributed by atoms with Crippen molar-refractivity contribution in [2.24, 2.45) is 0 Å². The van der Waals surface area contributed by atoms with Crippen molar-refractivity contribution in [2.75, 3.05) is 38.3 Å². The Morgan fingerprint density at radius 1 is 1.14 bits per heavy atom. The van der Waals surface area contributed by atoms with Crippen LogP contribution in [0.1, 0.15) is 5.56 Å². The van der Waals surface area contributed by atoms with Crippen LogP contribution in [0.2, 0.25) is 0 Å². The Hall–Kier alpha value is -4.03. The highest BCUT2D eigenvalue weighted by atomic mass is 19.1. The number of terminal acetylenes is 1. The summed E-state index contributed by atoms with van der Waals surface area (Å²) in [6.45, 7) is 2.00. The molecule has 1 saturated heterocycles. The molecule has 35 heavy (non-hydrogen) atoms. The molecule has 176 valence electrons. The highest BCUT2D eigenvalue weighted by Crippen LogP contribution is 2.46. The summed E-state index contributed by atoms with van der Waals surface area (Å²) in [5.74, 6) is 0.0189. The van der Waals surface area contributed by atoms with Gasteiger partial charge in [0, 0.05) is 25.0 Å². The topological polar surface area (TPSA) is 59.5 Å². The van der Waals surface area contributed by atoms with Crippen molar-refractivity contribution in [3.63, 3.8) is 0 Å². The predicted molar refractivity (Wildman–Crippen MR) is 126 cm³/mol. The van der Waals surface area contributed by atoms with Crippen LogP contribution < -0.4 is 19.7 Å². The monoisotopic (exact) mass is 476 g/mol. The molecule has 0 spiro atoms. The number of aromatic nitrogens is 2. The van der Waals surface area contributed by atoms with Crippen molar-refractivity contribution >= 4 is 27.5 Å². The molecule has 1 N–H and O–H groups in total. The van der Waals surface area contributed by atoms with Gasteiger partial charge in [0.2, 0.25) is 0 Å². The molecule has 3 aromatic carbocycles. The number of anilines is 1. The minimum atomic E-state index is -0.930. The van der Waals surface area contributed by atoms with E-state index in [1.165, 1.54) is 25.3 Å². The third-order valence-corrected chi connectivity index (χ3v) is 6.58. The zero-order valence-electron chi connectivity index (χ0n) is 18.7. The first kappa shape index (κ1) is 21.5. The first-order chi connectivity index (χ1) is 17.0. The number of nitrogens with zero attached hydrogens (tertiary/aromatic N) is 3. The van der Waals surface area contributed by atoms with Crippen LogP contribution in [0.3, 0.4) is 0 Å². The number of hydrogen-bond donors (Lipinski definition) is 1. The van der Waals surface area contributed by atoms with Gasteiger partial charge in [0.15, 0.2) is 17.4 Å². The first-order valence-corrected chi connectivity index (χ1v) is 11.1. The summed E-state index contributed by atoms with van der Waals surface area (Å²) in [4.78, 5) is 10.6. The van der Waals surface area contributed by atoms with Crippen molar-refractivity contribution in [1.29, 1.82) is 0 Å². The van der Waals surface area contributed by atoms with E-state index in [0.717, 1.165) is 0 Å². The van der Waals surface area contributed by atoms with Gasteiger partial charge in [-0.2, -0.15) is 9.97 Å². The van der Waals surface area contributed by atoms with Crippen LogP contribution in [0.15, 0.2) is 30.3 Å². The highest BCUT2D eigenvalue weighted by Gasteiger charge is 2.35. The van der Waals surface area contributed by atoms with E-state index in [1.807, 2.05) is 4.90 Å². The van der Waals surface area contributed by atoms with Crippen molar-refractivity contribution in [3.8, 4) is 35.2 Å². The molecule has 6 rings (SSSR count). The number of halogens is 3. The number of hydrogen-bond acceptors (Lipinski definition) is 6. The van der Waals surface area contributed by atoms with Gasteiger partial charge in [-0.15, -0.1) is 6.42 Å². The molecule has 0 amide bonds. The Morgan fingerprint density at radius 3 is 2.80 bits per heavy atom. The van der Waals surface area contributed by atoms with E-state index in [9.17, 15) is 4.39 Å². The molecular formula is C26H19F3N4O2. The van der Waals surface area contributed by atoms with Crippen LogP contribution in [-0.4, -0.2) is 49.4 Å². The molecule has 0 bridgehead atoms. The Kier molecular flexibility index (Phi) is 4.93. The second-order valence-corrected chi connectivity index (χ2v) is 8.42. The lowest BCUT2D eigenvalue weighted by Crippen LogP contribution is -2.53. The molecule has 2 aliphatic rings. The second kappa shape index (κ2) is 8.03. The summed E-state index contributed by atoms with van der Waals surface area (Å²) in [7, 11) is 1.38. The molecule has 0 saturated carbocycles. The van der Waals surface area contributed by atoms with Gasteiger partial charge in [0.1, 0.15) is 23.8 Å². The molecule has 2 aliphatic heterocycles. The van der Waals surface area contributed by atoms with Gasteiger partial charge in [-0.1, -0.05) is 30.2 Å². The van der Waals surface area contributed by atoms with Crippen molar-refractivity contribution in [1.82, 2.24) is 15.3 Å². The largest absolute Gasteiger partial charge is 0.487 e. The van der Waals surface area contributed by atoms with Crippen LogP contribution in [0.25, 0.3) is 32.8 Å². The van der Waals surface area contributed by atoms with Gasteiger partial charge in [0.25, 0.3) is 0 Å². The lowest BCUT2D eigenvalue weighted by atomic mass is 9.92. The lowest BCUT2D eigenvalue weighted by molar-refractivity contribution is 0.264. The quantitative estimate of drug-likeness (QED) is 0.441. The normalized spacial score (nSPS) is 17.0. The highest BCUT2D eigenvalue weighted by molar-refractivity contribution is 6.05. The van der Waals surface area contributed by atoms with Gasteiger partial charge in [-0.25, -0.2) is 13.2 Å². The minimum Gasteiger partial charge on any atom is -0.487 e. The third kappa shape index (κ3) is 3.10. The summed E-state index contributed by atoms with van der Waals surface area (Å²) < 4.78 is 58.3. The summed E-state index contributed by atoms with van der Waals surface area (Å²) in [6.07, 6.45) is 5.59. The second-order valence-electron chi connectivity index (χ2n) is 8.42. The molecule has 6 nitrogen and oxygen atoms in total. The molecule has 1 fully saturated rings. The van der Waals surface area contributed by atoms with Gasteiger partial charge in [0.05, 0.1) is 29.7 Å². The molecule has 0 radical (unpaired) electrons. The van der Waals surface area contributed by atoms with Crippen LogP contribution in [0.5, 0.6) is 11.8 Å². The molecule has 0 aliphatic carbocycles. The molecule has 0 unspecified atom stereocenters. The van der Waals surface area contributed by atoms with E-state index >= 15 is 8.78 Å². The van der Waals surface area contributed by atoms with Crippen molar-refractivity contribution < 1.29 is 22.6 Å². The minimum absolute atomic E-state index is 0.0534. The Balaban J connectivity index is 1.74. The van der Waals surface area contributed by atoms with Gasteiger partial charge >= 0.3 is 6.01 Å². The maximum atomic E-state index is 16.3. The molecule has 3 heterocycles. The predicted octanol–water partition coefficient (Wildman–Crippen LogP) is 4.03. The Morgan fingerprint density at radius 2 is 2.00 bits per heavy atom. The standard InChI is InChI=1S/C26H19F3N4O2/c1-3-15-17(27)8-7-13-5-4-6-16(18(13)15)19-21(28)23-20-24(22(19)29)35-12-14-11-30-9-10-33(14)25(20)32-26(31-23)34-2/h1,4-8,14,30H,9-12H2,2H3/t14-/m0/s1. The average molecular weight is 476 g/mol. The van der Waals surface area contributed by atoms with Gasteiger partial charge in [-0.05, 0) is 17.0 Å². The number of rotatable bonds is 2. The number of fused-ring (bicyclic) bond motifs is 3. The molecule has 4 aromatic rings. The zero-order chi connectivity index (χ0) is 24.3. The van der Waals surface area contributed by atoms with E-state index < -0.39 is 23.0 Å². The van der Waals surface area contributed by atoms with E-state index in [2.05, 4.69) is 21.2 Å². The molecule has 1 aromatic heterocycles. The molecule has 9 heteroatoms. The fourth-order valence-corrected chi connectivity index (χ4v) is 4.98. The molecule has 1 atom stereocenters. The van der Waals surface area contributed by atoms with Crippen LogP contribution in [0.4, 0.5) is 19.0 Å². The van der Waals surface area contributed by atoms with Crippen LogP contribution >= 0.6 is 0 Å². The Bertz CT molecular complexity index is 1570. The number of benzene rings is 3. The van der Waals surface area contributed by atoms with Crippen LogP contribution in [-0.2, 0) is 0 Å². The number of nitrogens with one attached hydrogen (secondary N) is 1. The van der Waals surface area contributed by atoms with E-state index in [1.54, 1.807) is 12.1 Å². The van der Waals surface area contributed by atoms with E-state index in [0.29, 0.717) is 30.8 Å². The summed E-state index contributed by atoms with van der Waals surface area (Å²) in [6, 6.07) is 7.40. The first-order valence-electron chi connectivity index (χ1n) is 11.1. The maximum absolute atomic E-state index is 16.3. The Labute approximate surface area is 198 Å². The van der Waals surface area contributed by atoms with Crippen molar-refractivity contribution in [2.45, 2.75) is 6.04 Å². The van der Waals surface area contributed by atoms with Crippen LogP contribution in [0, 0.1) is 29.8 Å². The third-order valence-electron chi connectivity index (χ3n) is 6.58. The molecular weight excluding hydrogens is 457 g/mol. The average Bonchev–Trinajstić information content (AvgIpc) is 3.05. The number of ether oxygens (including phenoxy) is 2. The smallest absolute Gasteiger partial charge is 0.318 e. The zero-order valence-corrected chi connectivity index (χ0v) is 18.7. The summed E-state index contributed by atoms with van der Waals surface area (Å²) in [5, 5.41) is 4.20. The van der Waals surface area contributed by atoms with Gasteiger partial charge < -0.3 is 19.7 Å². The number of methoxy groups -OCH3 is 1. The number of piperazine rings is 1. The SMILES string of the molecule is C#Cc1c(F)ccc2cccc(-c3c(F)c4c5c(nc(OC)nc5c3F)N3CCNC[C@H]3CO4)c12. The fourth-order valence-electron chi connectivity index (χ4n) is 4.98. The van der Waals surface area contributed by atoms with E-state index in [4.69, 9.17) is 15.9 Å². The van der Waals surface area contributed by atoms with Crippen molar-refractivity contribution in [3.05, 3.63) is 53.3 Å². The fraction of sp³-hybridized carbons (Fsp3) is 0.231. The summed E-state index contributed by atoms with van der Waals surface area (Å²) >= 11 is 0.